The molecule has 0 bridgehead atoms. The minimum Gasteiger partial charge on any atom is -0.496 e. The Morgan fingerprint density at radius 3 is 2.41 bits per heavy atom. The van der Waals surface area contributed by atoms with Crippen molar-refractivity contribution in [2.24, 2.45) is 0 Å². The fourth-order valence-electron chi connectivity index (χ4n) is 4.13. The Hall–Kier alpha value is -1.35. The monoisotopic (exact) mass is 503 g/mol. The minimum atomic E-state index is -3.51. The Balaban J connectivity index is 0.00000256. The molecule has 32 heavy (non-hydrogen) atoms. The molecule has 0 aliphatic carbocycles. The standard InChI is InChI=1S/C23H33N3O3S.2ClH/c1-4-26(5-2)30(27,28)20-13-14-22(29-3)19(16-20)17-25-21-12-9-15-24-23(21)18-10-7-6-8-11-18;;/h6-8,10-11,13-14,16,21,23-25H,4-5,9,12,15,17H2,1-3H3;2*1H/t21-,23-;;/m0../s1. The topological polar surface area (TPSA) is 70.7 Å². The van der Waals surface area contributed by atoms with E-state index in [1.54, 1.807) is 25.3 Å². The smallest absolute Gasteiger partial charge is 0.243 e. The molecule has 1 saturated heterocycles. The van der Waals surface area contributed by atoms with Crippen LogP contribution in [0.15, 0.2) is 53.4 Å². The van der Waals surface area contributed by atoms with Gasteiger partial charge in [-0.05, 0) is 43.1 Å². The Bertz CT molecular complexity index is 925. The van der Waals surface area contributed by atoms with Crippen molar-refractivity contribution in [1.82, 2.24) is 14.9 Å². The molecule has 1 heterocycles. The van der Waals surface area contributed by atoms with E-state index in [4.69, 9.17) is 4.74 Å². The van der Waals surface area contributed by atoms with Gasteiger partial charge in [-0.15, -0.1) is 24.8 Å². The van der Waals surface area contributed by atoms with Gasteiger partial charge in [0.15, 0.2) is 0 Å². The first kappa shape index (κ1) is 28.7. The van der Waals surface area contributed by atoms with Crippen LogP contribution in [0.3, 0.4) is 0 Å². The lowest BCUT2D eigenvalue weighted by Crippen LogP contribution is -2.45. The Labute approximate surface area is 205 Å². The van der Waals surface area contributed by atoms with E-state index >= 15 is 0 Å². The molecule has 2 aromatic carbocycles. The molecule has 6 nitrogen and oxygen atoms in total. The van der Waals surface area contributed by atoms with Gasteiger partial charge in [0.25, 0.3) is 0 Å². The highest BCUT2D eigenvalue weighted by molar-refractivity contribution is 7.89. The fraction of sp³-hybridized carbons (Fsp3) is 0.478. The van der Waals surface area contributed by atoms with E-state index in [2.05, 4.69) is 34.9 Å². The van der Waals surface area contributed by atoms with E-state index in [9.17, 15) is 8.42 Å². The molecule has 1 fully saturated rings. The first-order valence-corrected chi connectivity index (χ1v) is 12.1. The maximum absolute atomic E-state index is 12.9. The summed E-state index contributed by atoms with van der Waals surface area (Å²) in [6.07, 6.45) is 2.17. The molecule has 2 N–H and O–H groups in total. The van der Waals surface area contributed by atoms with Gasteiger partial charge in [-0.2, -0.15) is 4.31 Å². The van der Waals surface area contributed by atoms with Gasteiger partial charge >= 0.3 is 0 Å². The fourth-order valence-corrected chi connectivity index (χ4v) is 5.64. The SMILES string of the molecule is CCN(CC)S(=O)(=O)c1ccc(OC)c(CN[C@H]2CCCN[C@H]2c2ccccc2)c1.Cl.Cl. The molecular formula is C23H35Cl2N3O3S. The third kappa shape index (κ3) is 6.59. The van der Waals surface area contributed by atoms with Gasteiger partial charge in [-0.25, -0.2) is 8.42 Å². The van der Waals surface area contributed by atoms with Crippen LogP contribution in [0.5, 0.6) is 5.75 Å². The van der Waals surface area contributed by atoms with Gasteiger partial charge in [-0.1, -0.05) is 44.2 Å². The number of sulfonamides is 1. The number of benzene rings is 2. The molecule has 0 saturated carbocycles. The summed E-state index contributed by atoms with van der Waals surface area (Å²) in [5, 5.41) is 7.27. The summed E-state index contributed by atoms with van der Waals surface area (Å²) in [7, 11) is -1.89. The molecule has 3 rings (SSSR count). The van der Waals surface area contributed by atoms with Gasteiger partial charge in [0.05, 0.1) is 12.0 Å². The third-order valence-electron chi connectivity index (χ3n) is 5.77. The number of nitrogens with one attached hydrogen (secondary N) is 2. The van der Waals surface area contributed by atoms with Crippen LogP contribution >= 0.6 is 24.8 Å². The second kappa shape index (κ2) is 13.4. The van der Waals surface area contributed by atoms with Gasteiger partial charge in [0.1, 0.15) is 5.75 Å². The third-order valence-corrected chi connectivity index (χ3v) is 7.81. The van der Waals surface area contributed by atoms with E-state index < -0.39 is 10.0 Å². The zero-order chi connectivity index (χ0) is 21.6. The van der Waals surface area contributed by atoms with Crippen molar-refractivity contribution in [3.63, 3.8) is 0 Å². The Morgan fingerprint density at radius 1 is 1.09 bits per heavy atom. The first-order chi connectivity index (χ1) is 14.5. The number of nitrogens with zero attached hydrogens (tertiary/aromatic N) is 1. The number of piperidine rings is 1. The van der Waals surface area contributed by atoms with Crippen molar-refractivity contribution in [2.45, 2.75) is 50.2 Å². The predicted molar refractivity (Wildman–Crippen MR) is 135 cm³/mol. The molecular weight excluding hydrogens is 469 g/mol. The number of hydrogen-bond donors (Lipinski definition) is 2. The van der Waals surface area contributed by atoms with Crippen LogP contribution in [0.2, 0.25) is 0 Å². The van der Waals surface area contributed by atoms with Crippen LogP contribution in [0, 0.1) is 0 Å². The summed E-state index contributed by atoms with van der Waals surface area (Å²) >= 11 is 0. The highest BCUT2D eigenvalue weighted by Crippen LogP contribution is 2.27. The van der Waals surface area contributed by atoms with Crippen molar-refractivity contribution in [2.75, 3.05) is 26.7 Å². The van der Waals surface area contributed by atoms with E-state index in [-0.39, 0.29) is 36.9 Å². The van der Waals surface area contributed by atoms with Crippen LogP contribution in [-0.2, 0) is 16.6 Å². The second-order valence-corrected chi connectivity index (χ2v) is 9.47. The molecule has 0 aromatic heterocycles. The van der Waals surface area contributed by atoms with Crippen molar-refractivity contribution in [1.29, 1.82) is 0 Å². The van der Waals surface area contributed by atoms with Crippen molar-refractivity contribution < 1.29 is 13.2 Å². The second-order valence-electron chi connectivity index (χ2n) is 7.54. The number of ether oxygens (including phenoxy) is 1. The number of rotatable bonds is 9. The molecule has 1 aliphatic heterocycles. The van der Waals surface area contributed by atoms with Crippen LogP contribution in [-0.4, -0.2) is 45.5 Å². The van der Waals surface area contributed by atoms with E-state index in [1.165, 1.54) is 9.87 Å². The number of methoxy groups -OCH3 is 1. The molecule has 180 valence electrons. The van der Waals surface area contributed by atoms with Crippen molar-refractivity contribution >= 4 is 34.8 Å². The first-order valence-electron chi connectivity index (χ1n) is 10.7. The Morgan fingerprint density at radius 2 is 1.78 bits per heavy atom. The summed E-state index contributed by atoms with van der Waals surface area (Å²) in [4.78, 5) is 0.310. The normalized spacial score (nSPS) is 18.5. The van der Waals surface area contributed by atoms with Crippen LogP contribution in [0.25, 0.3) is 0 Å². The van der Waals surface area contributed by atoms with E-state index in [0.29, 0.717) is 30.3 Å². The molecule has 9 heteroatoms. The molecule has 0 radical (unpaired) electrons. The summed E-state index contributed by atoms with van der Waals surface area (Å²) in [5.74, 6) is 0.695. The maximum atomic E-state index is 12.9. The summed E-state index contributed by atoms with van der Waals surface area (Å²) in [6, 6.07) is 16.1. The van der Waals surface area contributed by atoms with Crippen LogP contribution in [0.4, 0.5) is 0 Å². The van der Waals surface area contributed by atoms with Gasteiger partial charge in [0, 0.05) is 37.3 Å². The largest absolute Gasteiger partial charge is 0.496 e. The number of hydrogen-bond acceptors (Lipinski definition) is 5. The summed E-state index contributed by atoms with van der Waals surface area (Å²) < 4.78 is 32.9. The van der Waals surface area contributed by atoms with E-state index in [1.807, 2.05) is 19.9 Å². The predicted octanol–water partition coefficient (Wildman–Crippen LogP) is 4.15. The van der Waals surface area contributed by atoms with E-state index in [0.717, 1.165) is 24.9 Å². The highest BCUT2D eigenvalue weighted by atomic mass is 35.5. The Kier molecular flexibility index (Phi) is 12.0. The summed E-state index contributed by atoms with van der Waals surface area (Å²) in [5.41, 5.74) is 2.11. The van der Waals surface area contributed by atoms with Crippen molar-refractivity contribution in [3.05, 3.63) is 59.7 Å². The van der Waals surface area contributed by atoms with Crippen molar-refractivity contribution in [3.8, 4) is 5.75 Å². The molecule has 0 spiro atoms. The molecule has 1 aliphatic rings. The van der Waals surface area contributed by atoms with Gasteiger partial charge in [0.2, 0.25) is 10.0 Å². The quantitative estimate of drug-likeness (QED) is 0.537. The average Bonchev–Trinajstić information content (AvgIpc) is 2.79. The average molecular weight is 505 g/mol. The molecule has 0 unspecified atom stereocenters. The lowest BCUT2D eigenvalue weighted by molar-refractivity contribution is 0.302. The minimum absolute atomic E-state index is 0. The molecule has 0 amide bonds. The van der Waals surface area contributed by atoms with Gasteiger partial charge < -0.3 is 15.4 Å². The maximum Gasteiger partial charge on any atom is 0.243 e. The van der Waals surface area contributed by atoms with Crippen LogP contribution in [0.1, 0.15) is 43.9 Å². The zero-order valence-electron chi connectivity index (χ0n) is 18.9. The molecule has 2 atom stereocenters. The lowest BCUT2D eigenvalue weighted by Gasteiger charge is -2.34. The zero-order valence-corrected chi connectivity index (χ0v) is 21.4. The lowest BCUT2D eigenvalue weighted by atomic mass is 9.92. The van der Waals surface area contributed by atoms with Gasteiger partial charge in [-0.3, -0.25) is 0 Å². The summed E-state index contributed by atoms with van der Waals surface area (Å²) in [6.45, 7) is 6.15. The van der Waals surface area contributed by atoms with Crippen LogP contribution < -0.4 is 15.4 Å². The highest BCUT2D eigenvalue weighted by Gasteiger charge is 2.27. The number of halogens is 2. The molecule has 2 aromatic rings.